The second-order valence-electron chi connectivity index (χ2n) is 9.78. The first-order valence-corrected chi connectivity index (χ1v) is 13.3. The molecule has 1 aliphatic rings. The highest BCUT2D eigenvalue weighted by atomic mass is 16.5. The van der Waals surface area contributed by atoms with E-state index in [-0.39, 0.29) is 0 Å². The van der Waals surface area contributed by atoms with Crippen molar-refractivity contribution >= 4 is 0 Å². The Morgan fingerprint density at radius 1 is 0.676 bits per heavy atom. The predicted octanol–water partition coefficient (Wildman–Crippen LogP) is 9.58. The van der Waals surface area contributed by atoms with Crippen molar-refractivity contribution in [3.63, 3.8) is 0 Å². The zero-order chi connectivity index (χ0) is 23.6. The number of hydrogen-bond donors (Lipinski definition) is 0. The summed E-state index contributed by atoms with van der Waals surface area (Å²) in [7, 11) is 0. The van der Waals surface area contributed by atoms with Gasteiger partial charge in [0.15, 0.2) is 0 Å². The van der Waals surface area contributed by atoms with Crippen molar-refractivity contribution in [2.45, 2.75) is 71.3 Å². The monoisotopic (exact) mass is 452 g/mol. The lowest BCUT2D eigenvalue weighted by Gasteiger charge is -2.28. The molecule has 4 rings (SSSR count). The van der Waals surface area contributed by atoms with Gasteiger partial charge < -0.3 is 4.74 Å². The molecule has 1 fully saturated rings. The first-order chi connectivity index (χ1) is 16.8. The van der Waals surface area contributed by atoms with Crippen molar-refractivity contribution in [1.82, 2.24) is 0 Å². The third-order valence-electron chi connectivity index (χ3n) is 7.22. The second-order valence-corrected chi connectivity index (χ2v) is 9.78. The van der Waals surface area contributed by atoms with Gasteiger partial charge in [-0.05, 0) is 90.2 Å². The van der Waals surface area contributed by atoms with E-state index in [0.717, 1.165) is 31.3 Å². The summed E-state index contributed by atoms with van der Waals surface area (Å²) in [6.45, 7) is 5.87. The normalized spacial score (nSPS) is 18.4. The van der Waals surface area contributed by atoms with Crippen molar-refractivity contribution in [1.29, 1.82) is 0 Å². The summed E-state index contributed by atoms with van der Waals surface area (Å²) in [6.07, 6.45) is 13.6. The van der Waals surface area contributed by atoms with Crippen LogP contribution in [0.4, 0.5) is 0 Å². The van der Waals surface area contributed by atoms with Gasteiger partial charge in [-0.2, -0.15) is 0 Å². The molecule has 0 radical (unpaired) electrons. The molecule has 0 unspecified atom stereocenters. The Hall–Kier alpha value is -2.64. The maximum absolute atomic E-state index is 5.65. The van der Waals surface area contributed by atoms with E-state index in [4.69, 9.17) is 4.74 Å². The van der Waals surface area contributed by atoms with Gasteiger partial charge in [0.05, 0.1) is 6.61 Å². The molecule has 0 bridgehead atoms. The molecule has 0 atom stereocenters. The summed E-state index contributed by atoms with van der Waals surface area (Å²) in [6, 6.07) is 27.1. The molecule has 1 aliphatic carbocycles. The molecule has 178 valence electrons. The van der Waals surface area contributed by atoms with Gasteiger partial charge in [-0.15, -0.1) is 0 Å². The van der Waals surface area contributed by atoms with Gasteiger partial charge in [-0.1, -0.05) is 98.8 Å². The van der Waals surface area contributed by atoms with E-state index >= 15 is 0 Å². The highest BCUT2D eigenvalue weighted by Gasteiger charge is 2.21. The van der Waals surface area contributed by atoms with Crippen LogP contribution in [0.5, 0.6) is 0 Å². The summed E-state index contributed by atoms with van der Waals surface area (Å²) in [4.78, 5) is 0. The van der Waals surface area contributed by atoms with E-state index in [0.29, 0.717) is 6.61 Å². The Labute approximate surface area is 206 Å². The van der Waals surface area contributed by atoms with Crippen LogP contribution in [0.15, 0.2) is 84.9 Å². The molecular formula is C33H40O. The first kappa shape index (κ1) is 24.5. The van der Waals surface area contributed by atoms with E-state index in [9.17, 15) is 0 Å². The molecule has 0 amide bonds. The highest BCUT2D eigenvalue weighted by molar-refractivity contribution is 5.70. The lowest BCUT2D eigenvalue weighted by molar-refractivity contribution is 0.121. The van der Waals surface area contributed by atoms with Gasteiger partial charge in [-0.25, -0.2) is 0 Å². The maximum atomic E-state index is 5.65. The van der Waals surface area contributed by atoms with Crippen molar-refractivity contribution < 1.29 is 4.74 Å². The largest absolute Gasteiger partial charge is 0.377 e. The third kappa shape index (κ3) is 6.70. The van der Waals surface area contributed by atoms with Crippen LogP contribution in [0.1, 0.15) is 75.8 Å². The molecular weight excluding hydrogens is 412 g/mol. The minimum absolute atomic E-state index is 0.695. The number of hydrogen-bond acceptors (Lipinski definition) is 1. The second kappa shape index (κ2) is 12.7. The van der Waals surface area contributed by atoms with Gasteiger partial charge in [0.25, 0.3) is 0 Å². The average Bonchev–Trinajstić information content (AvgIpc) is 2.90. The Kier molecular flexibility index (Phi) is 9.16. The maximum Gasteiger partial charge on any atom is 0.0716 e. The van der Waals surface area contributed by atoms with Gasteiger partial charge >= 0.3 is 0 Å². The van der Waals surface area contributed by atoms with Crippen LogP contribution in [-0.4, -0.2) is 6.61 Å². The third-order valence-corrected chi connectivity index (χ3v) is 7.22. The molecule has 1 nitrogen and oxygen atoms in total. The van der Waals surface area contributed by atoms with E-state index in [1.54, 1.807) is 0 Å². The van der Waals surface area contributed by atoms with Crippen molar-refractivity contribution in [3.05, 3.63) is 96.1 Å². The standard InChI is InChI=1S/C33H40O/c1-3-5-6-7-26-8-12-28(13-9-26)30-16-20-32(21-17-30)33-22-18-31(19-23-33)29-14-10-27(11-15-29)25-34-24-4-2/h5-6,10-11,14-23,26,28H,3-4,7-9,12-13,24-25H2,1-2H3/b6-5+. The molecule has 1 heteroatoms. The fourth-order valence-corrected chi connectivity index (χ4v) is 5.12. The first-order valence-electron chi connectivity index (χ1n) is 13.3. The quantitative estimate of drug-likeness (QED) is 0.220. The molecule has 0 spiro atoms. The van der Waals surface area contributed by atoms with Crippen LogP contribution in [-0.2, 0) is 11.3 Å². The van der Waals surface area contributed by atoms with E-state index in [2.05, 4.69) is 98.8 Å². The molecule has 0 aromatic heterocycles. The van der Waals surface area contributed by atoms with Gasteiger partial charge in [0.2, 0.25) is 0 Å². The lowest BCUT2D eigenvalue weighted by atomic mass is 9.77. The summed E-state index contributed by atoms with van der Waals surface area (Å²) < 4.78 is 5.65. The van der Waals surface area contributed by atoms with E-state index in [1.165, 1.54) is 65.5 Å². The van der Waals surface area contributed by atoms with Crippen LogP contribution in [0, 0.1) is 5.92 Å². The van der Waals surface area contributed by atoms with Crippen molar-refractivity contribution in [2.75, 3.05) is 6.61 Å². The van der Waals surface area contributed by atoms with Crippen molar-refractivity contribution in [3.8, 4) is 22.3 Å². The molecule has 3 aromatic carbocycles. The topological polar surface area (TPSA) is 9.23 Å². The van der Waals surface area contributed by atoms with Crippen LogP contribution >= 0.6 is 0 Å². The number of benzene rings is 3. The van der Waals surface area contributed by atoms with E-state index in [1.807, 2.05) is 0 Å². The fraction of sp³-hybridized carbons (Fsp3) is 0.394. The lowest BCUT2D eigenvalue weighted by Crippen LogP contribution is -2.12. The van der Waals surface area contributed by atoms with Crippen LogP contribution < -0.4 is 0 Å². The minimum Gasteiger partial charge on any atom is -0.377 e. The Morgan fingerprint density at radius 2 is 1.21 bits per heavy atom. The summed E-state index contributed by atoms with van der Waals surface area (Å²) in [5.74, 6) is 1.63. The zero-order valence-electron chi connectivity index (χ0n) is 21.0. The minimum atomic E-state index is 0.695. The van der Waals surface area contributed by atoms with E-state index < -0.39 is 0 Å². The summed E-state index contributed by atoms with van der Waals surface area (Å²) in [5.41, 5.74) is 7.85. The summed E-state index contributed by atoms with van der Waals surface area (Å²) in [5, 5.41) is 0. The van der Waals surface area contributed by atoms with Crippen LogP contribution in [0.25, 0.3) is 22.3 Å². The number of rotatable bonds is 10. The number of allylic oxidation sites excluding steroid dienone is 2. The SMILES string of the molecule is CC/C=C/CC1CCC(c2ccc(-c3ccc(-c4ccc(COCCC)cc4)cc3)cc2)CC1. The average molecular weight is 453 g/mol. The molecule has 0 saturated heterocycles. The van der Waals surface area contributed by atoms with Gasteiger partial charge in [0.1, 0.15) is 0 Å². The summed E-state index contributed by atoms with van der Waals surface area (Å²) >= 11 is 0. The Bertz CT molecular complexity index is 1000. The highest BCUT2D eigenvalue weighted by Crippen LogP contribution is 2.38. The van der Waals surface area contributed by atoms with Crippen LogP contribution in [0.2, 0.25) is 0 Å². The predicted molar refractivity (Wildman–Crippen MR) is 146 cm³/mol. The van der Waals surface area contributed by atoms with Gasteiger partial charge in [0, 0.05) is 6.61 Å². The Morgan fingerprint density at radius 3 is 1.74 bits per heavy atom. The number of ether oxygens (including phenoxy) is 1. The van der Waals surface area contributed by atoms with Gasteiger partial charge in [-0.3, -0.25) is 0 Å². The molecule has 0 aliphatic heterocycles. The molecule has 0 N–H and O–H groups in total. The van der Waals surface area contributed by atoms with Crippen LogP contribution in [0.3, 0.4) is 0 Å². The molecule has 34 heavy (non-hydrogen) atoms. The molecule has 1 saturated carbocycles. The Balaban J connectivity index is 1.33. The smallest absolute Gasteiger partial charge is 0.0716 e. The zero-order valence-corrected chi connectivity index (χ0v) is 21.0. The fourth-order valence-electron chi connectivity index (χ4n) is 5.12. The molecule has 3 aromatic rings. The molecule has 0 heterocycles. The van der Waals surface area contributed by atoms with Crippen molar-refractivity contribution in [2.24, 2.45) is 5.92 Å².